The van der Waals surface area contributed by atoms with Crippen LogP contribution in [0.3, 0.4) is 0 Å². The van der Waals surface area contributed by atoms with Crippen LogP contribution in [-0.4, -0.2) is 62.1 Å². The van der Waals surface area contributed by atoms with Crippen LogP contribution in [0.2, 0.25) is 0 Å². The van der Waals surface area contributed by atoms with Gasteiger partial charge in [0, 0.05) is 38.3 Å². The van der Waals surface area contributed by atoms with Gasteiger partial charge in [-0.25, -0.2) is 14.8 Å². The normalized spacial score (nSPS) is 11.2. The molecule has 0 atom stereocenters. The summed E-state index contributed by atoms with van der Waals surface area (Å²) < 4.78 is 0. The molecule has 2 amide bonds. The lowest BCUT2D eigenvalue weighted by molar-refractivity contribution is 0.179. The van der Waals surface area contributed by atoms with Crippen LogP contribution in [-0.2, 0) is 6.54 Å². The molecule has 3 aromatic heterocycles. The highest BCUT2D eigenvalue weighted by Gasteiger charge is 2.16. The summed E-state index contributed by atoms with van der Waals surface area (Å²) in [5.74, 6) is 1.00. The fourth-order valence-electron chi connectivity index (χ4n) is 3.11. The van der Waals surface area contributed by atoms with Gasteiger partial charge in [-0.2, -0.15) is 5.10 Å². The van der Waals surface area contributed by atoms with Gasteiger partial charge >= 0.3 is 6.03 Å². The number of aromatic nitrogens is 5. The fraction of sp³-hybridized carbons (Fsp3) is 0.222. The lowest BCUT2D eigenvalue weighted by Gasteiger charge is -2.20. The molecule has 4 aromatic rings. The predicted molar refractivity (Wildman–Crippen MR) is 104 cm³/mol. The molecule has 0 fully saturated rings. The number of urea groups is 1. The first-order valence-electron chi connectivity index (χ1n) is 8.44. The van der Waals surface area contributed by atoms with Gasteiger partial charge in [-0.3, -0.25) is 5.10 Å². The van der Waals surface area contributed by atoms with E-state index in [0.717, 1.165) is 27.7 Å². The van der Waals surface area contributed by atoms with E-state index < -0.39 is 0 Å². The van der Waals surface area contributed by atoms with Crippen molar-refractivity contribution in [3.63, 3.8) is 0 Å². The lowest BCUT2D eigenvalue weighted by atomic mass is 10.1. The van der Waals surface area contributed by atoms with Gasteiger partial charge in [0.25, 0.3) is 0 Å². The maximum absolute atomic E-state index is 12.1. The Balaban J connectivity index is 1.77. The van der Waals surface area contributed by atoms with Crippen molar-refractivity contribution in [2.75, 3.05) is 26.9 Å². The molecule has 0 aliphatic carbocycles. The molecule has 0 aliphatic rings. The van der Waals surface area contributed by atoms with E-state index in [-0.39, 0.29) is 6.03 Å². The molecule has 9 nitrogen and oxygen atoms in total. The molecule has 0 saturated heterocycles. The first-order chi connectivity index (χ1) is 12.9. The molecule has 0 aliphatic heterocycles. The highest BCUT2D eigenvalue weighted by atomic mass is 16.2. The summed E-state index contributed by atoms with van der Waals surface area (Å²) in [6.45, 7) is 0.345. The Morgan fingerprint density at radius 2 is 2.00 bits per heavy atom. The molecule has 0 unspecified atom stereocenters. The summed E-state index contributed by atoms with van der Waals surface area (Å²) in [7, 11) is 5.15. The number of anilines is 1. The SMILES string of the molecule is CN(C)C(=O)N(C)Cc1nc2c(N)nc3cc(-c4cc[nH]n4)ccc3c2[nH]1. The number of nitrogen functional groups attached to an aromatic ring is 1. The highest BCUT2D eigenvalue weighted by Crippen LogP contribution is 2.29. The molecule has 138 valence electrons. The van der Waals surface area contributed by atoms with Crippen LogP contribution in [0.5, 0.6) is 0 Å². The number of carbonyl (C=O) groups is 1. The number of fused-ring (bicyclic) bond motifs is 3. The molecule has 0 spiro atoms. The number of benzene rings is 1. The first kappa shape index (κ1) is 16.8. The first-order valence-corrected chi connectivity index (χ1v) is 8.44. The molecule has 4 N–H and O–H groups in total. The Morgan fingerprint density at radius 3 is 2.70 bits per heavy atom. The highest BCUT2D eigenvalue weighted by molar-refractivity contribution is 6.07. The number of carbonyl (C=O) groups excluding carboxylic acids is 1. The van der Waals surface area contributed by atoms with E-state index in [1.54, 1.807) is 32.2 Å². The second-order valence-electron chi connectivity index (χ2n) is 6.63. The van der Waals surface area contributed by atoms with Crippen LogP contribution in [0.4, 0.5) is 10.6 Å². The van der Waals surface area contributed by atoms with Gasteiger partial charge in [0.15, 0.2) is 5.82 Å². The Bertz CT molecular complexity index is 1130. The quantitative estimate of drug-likeness (QED) is 0.515. The van der Waals surface area contributed by atoms with Crippen molar-refractivity contribution < 1.29 is 4.79 Å². The number of pyridine rings is 1. The number of nitrogens with two attached hydrogens (primary N) is 1. The maximum Gasteiger partial charge on any atom is 0.319 e. The number of nitrogens with zero attached hydrogens (tertiary/aromatic N) is 5. The fourth-order valence-corrected chi connectivity index (χ4v) is 3.11. The van der Waals surface area contributed by atoms with Gasteiger partial charge in [0.2, 0.25) is 0 Å². The summed E-state index contributed by atoms with van der Waals surface area (Å²) in [5, 5.41) is 7.92. The van der Waals surface area contributed by atoms with Crippen molar-refractivity contribution in [2.24, 2.45) is 0 Å². The van der Waals surface area contributed by atoms with E-state index >= 15 is 0 Å². The molecule has 4 rings (SSSR count). The van der Waals surface area contributed by atoms with E-state index in [1.165, 1.54) is 4.90 Å². The largest absolute Gasteiger partial charge is 0.382 e. The number of hydrogen-bond acceptors (Lipinski definition) is 5. The van der Waals surface area contributed by atoms with E-state index in [2.05, 4.69) is 25.1 Å². The Kier molecular flexibility index (Phi) is 3.91. The summed E-state index contributed by atoms with van der Waals surface area (Å²) >= 11 is 0. The number of rotatable bonds is 3. The van der Waals surface area contributed by atoms with Crippen molar-refractivity contribution in [3.05, 3.63) is 36.3 Å². The zero-order valence-electron chi connectivity index (χ0n) is 15.3. The van der Waals surface area contributed by atoms with Gasteiger partial charge in [-0.1, -0.05) is 6.07 Å². The van der Waals surface area contributed by atoms with E-state index in [9.17, 15) is 4.79 Å². The molecule has 0 radical (unpaired) electrons. The van der Waals surface area contributed by atoms with E-state index in [1.807, 2.05) is 24.3 Å². The van der Waals surface area contributed by atoms with Gasteiger partial charge in [0.1, 0.15) is 11.3 Å². The molecule has 1 aromatic carbocycles. The summed E-state index contributed by atoms with van der Waals surface area (Å²) in [4.78, 5) is 27.5. The Labute approximate surface area is 155 Å². The van der Waals surface area contributed by atoms with Crippen molar-refractivity contribution in [2.45, 2.75) is 6.54 Å². The maximum atomic E-state index is 12.1. The molecular formula is C18H20N8O. The minimum absolute atomic E-state index is 0.102. The molecule has 0 bridgehead atoms. The molecule has 0 saturated carbocycles. The van der Waals surface area contributed by atoms with Crippen LogP contribution >= 0.6 is 0 Å². The smallest absolute Gasteiger partial charge is 0.319 e. The number of hydrogen-bond donors (Lipinski definition) is 3. The van der Waals surface area contributed by atoms with Gasteiger partial charge in [-0.05, 0) is 18.2 Å². The molecular weight excluding hydrogens is 344 g/mol. The van der Waals surface area contributed by atoms with Crippen molar-refractivity contribution in [3.8, 4) is 11.3 Å². The summed E-state index contributed by atoms with van der Waals surface area (Å²) in [5.41, 5.74) is 10.1. The van der Waals surface area contributed by atoms with Crippen molar-refractivity contribution in [1.82, 2.24) is 34.9 Å². The topological polar surface area (TPSA) is 120 Å². The van der Waals surface area contributed by atoms with Crippen LogP contribution in [0.1, 0.15) is 5.82 Å². The molecule has 3 heterocycles. The molecule has 27 heavy (non-hydrogen) atoms. The lowest BCUT2D eigenvalue weighted by Crippen LogP contribution is -2.36. The third-order valence-corrected chi connectivity index (χ3v) is 4.40. The Hall–Kier alpha value is -3.62. The monoisotopic (exact) mass is 364 g/mol. The number of amides is 2. The third-order valence-electron chi connectivity index (χ3n) is 4.40. The van der Waals surface area contributed by atoms with Crippen molar-refractivity contribution >= 4 is 33.8 Å². The number of nitrogens with one attached hydrogen (secondary N) is 2. The zero-order valence-corrected chi connectivity index (χ0v) is 15.3. The average Bonchev–Trinajstić information content (AvgIpc) is 3.30. The third kappa shape index (κ3) is 2.92. The number of H-pyrrole nitrogens is 2. The van der Waals surface area contributed by atoms with Gasteiger partial charge in [-0.15, -0.1) is 0 Å². The number of aromatic amines is 2. The minimum Gasteiger partial charge on any atom is -0.382 e. The average molecular weight is 364 g/mol. The zero-order chi connectivity index (χ0) is 19.1. The van der Waals surface area contributed by atoms with Gasteiger partial charge < -0.3 is 20.5 Å². The second-order valence-corrected chi connectivity index (χ2v) is 6.63. The van der Waals surface area contributed by atoms with Crippen LogP contribution in [0, 0.1) is 0 Å². The standard InChI is InChI=1S/C18H20N8O/c1-25(2)18(27)26(3)9-14-22-15-11-5-4-10(12-6-7-20-24-12)8-13(11)21-17(19)16(15)23-14/h4-8H,9H2,1-3H3,(H2,19,21)(H,20,24)(H,22,23). The Morgan fingerprint density at radius 1 is 1.19 bits per heavy atom. The van der Waals surface area contributed by atoms with E-state index in [0.29, 0.717) is 23.7 Å². The molecule has 9 heteroatoms. The second kappa shape index (κ2) is 6.27. The van der Waals surface area contributed by atoms with E-state index in [4.69, 9.17) is 5.73 Å². The van der Waals surface area contributed by atoms with Crippen LogP contribution in [0.25, 0.3) is 33.2 Å². The minimum atomic E-state index is -0.102. The summed E-state index contributed by atoms with van der Waals surface area (Å²) in [6.07, 6.45) is 1.78. The van der Waals surface area contributed by atoms with Gasteiger partial charge in [0.05, 0.1) is 23.3 Å². The van der Waals surface area contributed by atoms with Crippen LogP contribution in [0.15, 0.2) is 30.5 Å². The van der Waals surface area contributed by atoms with Crippen LogP contribution < -0.4 is 5.73 Å². The number of imidazole rings is 1. The summed E-state index contributed by atoms with van der Waals surface area (Å²) in [6, 6.07) is 7.71. The van der Waals surface area contributed by atoms with Crippen molar-refractivity contribution in [1.29, 1.82) is 0 Å². The predicted octanol–water partition coefficient (Wildman–Crippen LogP) is 2.20.